The predicted octanol–water partition coefficient (Wildman–Crippen LogP) is 3.48. The van der Waals surface area contributed by atoms with Gasteiger partial charge in [-0.05, 0) is 53.5 Å². The van der Waals surface area contributed by atoms with Gasteiger partial charge in [-0.2, -0.15) is 5.10 Å². The number of hydrogen-bond acceptors (Lipinski definition) is 3. The fourth-order valence-corrected chi connectivity index (χ4v) is 2.64. The summed E-state index contributed by atoms with van der Waals surface area (Å²) in [7, 11) is 0. The van der Waals surface area contributed by atoms with Crippen LogP contribution in [0.4, 0.5) is 4.39 Å². The Morgan fingerprint density at radius 2 is 2.19 bits per heavy atom. The molecule has 1 unspecified atom stereocenters. The predicted molar refractivity (Wildman–Crippen MR) is 84.5 cm³/mol. The summed E-state index contributed by atoms with van der Waals surface area (Å²) >= 11 is 3.25. The van der Waals surface area contributed by atoms with Crippen LogP contribution in [-0.4, -0.2) is 21.3 Å². The summed E-state index contributed by atoms with van der Waals surface area (Å²) in [6.07, 6.45) is 3.35. The molecule has 0 saturated heterocycles. The van der Waals surface area contributed by atoms with Gasteiger partial charge in [-0.15, -0.1) is 0 Å². The minimum atomic E-state index is -0.246. The second-order valence-corrected chi connectivity index (χ2v) is 5.73. The highest BCUT2D eigenvalue weighted by Crippen LogP contribution is 2.23. The van der Waals surface area contributed by atoms with E-state index in [0.29, 0.717) is 4.47 Å². The molecular formula is C15H20BrFN4. The fraction of sp³-hybridized carbons (Fsp3) is 0.467. The van der Waals surface area contributed by atoms with E-state index in [1.54, 1.807) is 6.33 Å². The van der Waals surface area contributed by atoms with E-state index < -0.39 is 0 Å². The lowest BCUT2D eigenvalue weighted by atomic mass is 10.0. The van der Waals surface area contributed by atoms with Crippen LogP contribution in [0.1, 0.15) is 37.7 Å². The van der Waals surface area contributed by atoms with Crippen LogP contribution in [-0.2, 0) is 13.0 Å². The smallest absolute Gasteiger partial charge is 0.138 e. The Labute approximate surface area is 132 Å². The first-order chi connectivity index (χ1) is 10.2. The SMILES string of the molecule is CCCNC(Cc1ncnn1CC)c1ccc(F)c(Br)c1. The molecule has 0 fully saturated rings. The normalized spacial score (nSPS) is 12.6. The van der Waals surface area contributed by atoms with Crippen molar-refractivity contribution in [1.82, 2.24) is 20.1 Å². The average molecular weight is 355 g/mol. The molecule has 0 radical (unpaired) electrons. The van der Waals surface area contributed by atoms with Crippen molar-refractivity contribution in [2.24, 2.45) is 0 Å². The Hall–Kier alpha value is -1.27. The highest BCUT2D eigenvalue weighted by atomic mass is 79.9. The van der Waals surface area contributed by atoms with E-state index in [1.165, 1.54) is 6.07 Å². The van der Waals surface area contributed by atoms with Gasteiger partial charge in [0, 0.05) is 19.0 Å². The van der Waals surface area contributed by atoms with Crippen LogP contribution in [0.3, 0.4) is 0 Å². The molecule has 4 nitrogen and oxygen atoms in total. The molecule has 1 heterocycles. The summed E-state index contributed by atoms with van der Waals surface area (Å²) < 4.78 is 15.8. The largest absolute Gasteiger partial charge is 0.310 e. The van der Waals surface area contributed by atoms with Crippen molar-refractivity contribution < 1.29 is 4.39 Å². The maximum absolute atomic E-state index is 13.4. The first-order valence-corrected chi connectivity index (χ1v) is 8.00. The van der Waals surface area contributed by atoms with Crippen molar-refractivity contribution in [3.63, 3.8) is 0 Å². The molecule has 0 saturated carbocycles. The van der Waals surface area contributed by atoms with Crippen LogP contribution in [0.15, 0.2) is 29.0 Å². The number of rotatable bonds is 7. The van der Waals surface area contributed by atoms with Gasteiger partial charge >= 0.3 is 0 Å². The van der Waals surface area contributed by atoms with Crippen molar-refractivity contribution in [2.75, 3.05) is 6.54 Å². The molecule has 0 spiro atoms. The number of aromatic nitrogens is 3. The van der Waals surface area contributed by atoms with Crippen LogP contribution < -0.4 is 5.32 Å². The molecule has 21 heavy (non-hydrogen) atoms. The highest BCUT2D eigenvalue weighted by molar-refractivity contribution is 9.10. The number of benzene rings is 1. The monoisotopic (exact) mass is 354 g/mol. The van der Waals surface area contributed by atoms with Gasteiger partial charge in [0.15, 0.2) is 0 Å². The molecule has 1 N–H and O–H groups in total. The number of nitrogens with zero attached hydrogens (tertiary/aromatic N) is 3. The van der Waals surface area contributed by atoms with Crippen molar-refractivity contribution in [3.8, 4) is 0 Å². The number of nitrogens with one attached hydrogen (secondary N) is 1. The van der Waals surface area contributed by atoms with Crippen LogP contribution in [0.5, 0.6) is 0 Å². The summed E-state index contributed by atoms with van der Waals surface area (Å²) in [6, 6.07) is 5.23. The lowest BCUT2D eigenvalue weighted by Crippen LogP contribution is -2.25. The van der Waals surface area contributed by atoms with E-state index in [0.717, 1.165) is 37.3 Å². The Kier molecular flexibility index (Phi) is 5.87. The minimum Gasteiger partial charge on any atom is -0.310 e. The number of aryl methyl sites for hydroxylation is 1. The Morgan fingerprint density at radius 3 is 2.86 bits per heavy atom. The van der Waals surface area contributed by atoms with E-state index in [9.17, 15) is 4.39 Å². The van der Waals surface area contributed by atoms with E-state index >= 15 is 0 Å². The van der Waals surface area contributed by atoms with Gasteiger partial charge in [0.05, 0.1) is 4.47 Å². The molecule has 1 aromatic heterocycles. The van der Waals surface area contributed by atoms with E-state index in [2.05, 4.69) is 38.3 Å². The number of hydrogen-bond donors (Lipinski definition) is 1. The molecule has 2 aromatic rings. The van der Waals surface area contributed by atoms with Crippen LogP contribution in [0, 0.1) is 5.82 Å². The Morgan fingerprint density at radius 1 is 1.38 bits per heavy atom. The zero-order valence-electron chi connectivity index (χ0n) is 12.3. The van der Waals surface area contributed by atoms with Gasteiger partial charge in [0.2, 0.25) is 0 Å². The zero-order valence-corrected chi connectivity index (χ0v) is 13.9. The minimum absolute atomic E-state index is 0.0938. The molecule has 1 aromatic carbocycles. The lowest BCUT2D eigenvalue weighted by molar-refractivity contribution is 0.495. The van der Waals surface area contributed by atoms with Crippen molar-refractivity contribution in [2.45, 2.75) is 39.3 Å². The van der Waals surface area contributed by atoms with Gasteiger partial charge in [0.25, 0.3) is 0 Å². The van der Waals surface area contributed by atoms with Gasteiger partial charge < -0.3 is 5.32 Å². The molecule has 0 amide bonds. The maximum Gasteiger partial charge on any atom is 0.138 e. The standard InChI is InChI=1S/C15H20BrFN4/c1-3-7-18-14(9-15-19-10-20-21(15)4-2)11-5-6-13(17)12(16)8-11/h5-6,8,10,14,18H,3-4,7,9H2,1-2H3. The lowest BCUT2D eigenvalue weighted by Gasteiger charge is -2.19. The Bertz CT molecular complexity index is 585. The number of halogens is 2. The van der Waals surface area contributed by atoms with Crippen LogP contribution in [0.2, 0.25) is 0 Å². The molecule has 2 rings (SSSR count). The van der Waals surface area contributed by atoms with Crippen molar-refractivity contribution in [3.05, 3.63) is 46.2 Å². The maximum atomic E-state index is 13.4. The summed E-state index contributed by atoms with van der Waals surface area (Å²) in [5.74, 6) is 0.691. The fourth-order valence-electron chi connectivity index (χ4n) is 2.25. The molecule has 1 atom stereocenters. The molecular weight excluding hydrogens is 335 g/mol. The second kappa shape index (κ2) is 7.66. The molecule has 0 aliphatic rings. The summed E-state index contributed by atoms with van der Waals surface area (Å²) in [5.41, 5.74) is 1.04. The van der Waals surface area contributed by atoms with Crippen LogP contribution >= 0.6 is 15.9 Å². The third-order valence-corrected chi connectivity index (χ3v) is 3.98. The Balaban J connectivity index is 2.23. The quantitative estimate of drug-likeness (QED) is 0.827. The van der Waals surface area contributed by atoms with E-state index in [4.69, 9.17) is 0 Å². The van der Waals surface area contributed by atoms with E-state index in [1.807, 2.05) is 23.7 Å². The third-order valence-electron chi connectivity index (χ3n) is 3.37. The second-order valence-electron chi connectivity index (χ2n) is 4.88. The molecule has 114 valence electrons. The summed E-state index contributed by atoms with van der Waals surface area (Å²) in [6.45, 7) is 5.86. The van der Waals surface area contributed by atoms with Gasteiger partial charge in [-0.1, -0.05) is 13.0 Å². The van der Waals surface area contributed by atoms with Crippen molar-refractivity contribution >= 4 is 15.9 Å². The van der Waals surface area contributed by atoms with Gasteiger partial charge in [-0.25, -0.2) is 9.37 Å². The summed E-state index contributed by atoms with van der Waals surface area (Å²) in [5, 5.41) is 7.70. The third kappa shape index (κ3) is 4.11. The highest BCUT2D eigenvalue weighted by Gasteiger charge is 2.16. The summed E-state index contributed by atoms with van der Waals surface area (Å²) in [4.78, 5) is 4.33. The van der Waals surface area contributed by atoms with Gasteiger partial charge in [0.1, 0.15) is 18.0 Å². The topological polar surface area (TPSA) is 42.7 Å². The van der Waals surface area contributed by atoms with Crippen molar-refractivity contribution in [1.29, 1.82) is 0 Å². The first-order valence-electron chi connectivity index (χ1n) is 7.20. The van der Waals surface area contributed by atoms with E-state index in [-0.39, 0.29) is 11.9 Å². The molecule has 0 aliphatic carbocycles. The molecule has 0 bridgehead atoms. The van der Waals surface area contributed by atoms with Crippen LogP contribution in [0.25, 0.3) is 0 Å². The first kappa shape index (κ1) is 16.1. The molecule has 6 heteroatoms. The van der Waals surface area contributed by atoms with Gasteiger partial charge in [-0.3, -0.25) is 4.68 Å². The molecule has 0 aliphatic heterocycles. The average Bonchev–Trinajstić information content (AvgIpc) is 2.93. The zero-order chi connectivity index (χ0) is 15.2.